The molecular weight excluding hydrogens is 174 g/mol. The second-order valence-electron chi connectivity index (χ2n) is 3.08. The van der Waals surface area contributed by atoms with Crippen molar-refractivity contribution in [2.75, 3.05) is 13.2 Å². The highest BCUT2D eigenvalue weighted by Crippen LogP contribution is 2.20. The van der Waals surface area contributed by atoms with Gasteiger partial charge in [0.15, 0.2) is 0 Å². The average molecular weight is 187 g/mol. The number of nitrogens with one attached hydrogen (secondary N) is 1. The lowest BCUT2D eigenvalue weighted by Gasteiger charge is -2.14. The Kier molecular flexibility index (Phi) is 3.25. The summed E-state index contributed by atoms with van der Waals surface area (Å²) in [7, 11) is 0. The molecule has 5 heteroatoms. The number of hydrogen-bond acceptors (Lipinski definition) is 3. The van der Waals surface area contributed by atoms with Gasteiger partial charge in [0.1, 0.15) is 0 Å². The molecule has 0 aliphatic carbocycles. The minimum Gasteiger partial charge on any atom is -0.481 e. The molecule has 0 aromatic rings. The highest BCUT2D eigenvalue weighted by Gasteiger charge is 2.33. The van der Waals surface area contributed by atoms with Crippen LogP contribution in [0.2, 0.25) is 0 Å². The van der Waals surface area contributed by atoms with Gasteiger partial charge in [-0.25, -0.2) is 0 Å². The van der Waals surface area contributed by atoms with Crippen molar-refractivity contribution < 1.29 is 19.4 Å². The topological polar surface area (TPSA) is 75.6 Å². The van der Waals surface area contributed by atoms with E-state index in [0.29, 0.717) is 13.0 Å². The SMILES string of the molecule is CC(=O)NCC1OCCC1C(=O)O. The fourth-order valence-corrected chi connectivity index (χ4v) is 1.38. The normalized spacial score (nSPS) is 27.2. The van der Waals surface area contributed by atoms with Crippen LogP contribution in [0.4, 0.5) is 0 Å². The Morgan fingerprint density at radius 2 is 2.31 bits per heavy atom. The third-order valence-electron chi connectivity index (χ3n) is 2.08. The zero-order valence-corrected chi connectivity index (χ0v) is 7.45. The Hall–Kier alpha value is -1.10. The zero-order valence-electron chi connectivity index (χ0n) is 7.45. The third kappa shape index (κ3) is 2.69. The van der Waals surface area contributed by atoms with Crippen LogP contribution in [0, 0.1) is 5.92 Å². The molecule has 2 unspecified atom stereocenters. The lowest BCUT2D eigenvalue weighted by Crippen LogP contribution is -2.36. The van der Waals surface area contributed by atoms with E-state index in [2.05, 4.69) is 5.32 Å². The number of hydrogen-bond donors (Lipinski definition) is 2. The van der Waals surface area contributed by atoms with Crippen LogP contribution in [0.25, 0.3) is 0 Å². The molecule has 0 spiro atoms. The van der Waals surface area contributed by atoms with Crippen LogP contribution in [0.1, 0.15) is 13.3 Å². The first kappa shape index (κ1) is 9.98. The van der Waals surface area contributed by atoms with Crippen molar-refractivity contribution in [3.63, 3.8) is 0 Å². The van der Waals surface area contributed by atoms with Crippen molar-refractivity contribution >= 4 is 11.9 Å². The predicted octanol–water partition coefficient (Wildman–Crippen LogP) is -0.388. The van der Waals surface area contributed by atoms with Crippen LogP contribution in [0.3, 0.4) is 0 Å². The first-order valence-corrected chi connectivity index (χ1v) is 4.20. The molecule has 13 heavy (non-hydrogen) atoms. The molecule has 1 aliphatic heterocycles. The maximum absolute atomic E-state index is 10.7. The standard InChI is InChI=1S/C8H13NO4/c1-5(10)9-4-7-6(8(11)12)2-3-13-7/h6-7H,2-4H2,1H3,(H,9,10)(H,11,12). The maximum atomic E-state index is 10.7. The fourth-order valence-electron chi connectivity index (χ4n) is 1.38. The van der Waals surface area contributed by atoms with Gasteiger partial charge in [-0.1, -0.05) is 0 Å². The Labute approximate surface area is 76.1 Å². The minimum atomic E-state index is -0.854. The molecule has 1 fully saturated rings. The molecule has 1 rings (SSSR count). The van der Waals surface area contributed by atoms with Gasteiger partial charge in [0.05, 0.1) is 12.0 Å². The van der Waals surface area contributed by atoms with Crippen molar-refractivity contribution in [2.24, 2.45) is 5.92 Å². The molecule has 0 aromatic heterocycles. The van der Waals surface area contributed by atoms with Gasteiger partial charge in [-0.3, -0.25) is 9.59 Å². The molecular formula is C8H13NO4. The van der Waals surface area contributed by atoms with E-state index >= 15 is 0 Å². The lowest BCUT2D eigenvalue weighted by atomic mass is 10.0. The second-order valence-corrected chi connectivity index (χ2v) is 3.08. The van der Waals surface area contributed by atoms with Gasteiger partial charge in [0.2, 0.25) is 5.91 Å². The maximum Gasteiger partial charge on any atom is 0.309 e. The zero-order chi connectivity index (χ0) is 9.84. The molecule has 1 aliphatic rings. The number of rotatable bonds is 3. The highest BCUT2D eigenvalue weighted by atomic mass is 16.5. The van der Waals surface area contributed by atoms with Crippen LogP contribution < -0.4 is 5.32 Å². The van der Waals surface area contributed by atoms with Gasteiger partial charge >= 0.3 is 5.97 Å². The van der Waals surface area contributed by atoms with Gasteiger partial charge in [-0.15, -0.1) is 0 Å². The van der Waals surface area contributed by atoms with Crippen molar-refractivity contribution in [1.82, 2.24) is 5.32 Å². The van der Waals surface area contributed by atoms with Crippen LogP contribution >= 0.6 is 0 Å². The number of aliphatic carboxylic acids is 1. The first-order valence-electron chi connectivity index (χ1n) is 4.20. The summed E-state index contributed by atoms with van der Waals surface area (Å²) in [5.74, 6) is -1.50. The third-order valence-corrected chi connectivity index (χ3v) is 2.08. The number of ether oxygens (including phenoxy) is 1. The summed E-state index contributed by atoms with van der Waals surface area (Å²) >= 11 is 0. The number of carbonyl (C=O) groups is 2. The molecule has 1 amide bonds. The number of carbonyl (C=O) groups excluding carboxylic acids is 1. The van der Waals surface area contributed by atoms with E-state index < -0.39 is 11.9 Å². The van der Waals surface area contributed by atoms with E-state index in [9.17, 15) is 9.59 Å². The number of carboxylic acids is 1. The largest absolute Gasteiger partial charge is 0.481 e. The molecule has 0 saturated carbocycles. The Balaban J connectivity index is 2.39. The molecule has 0 bridgehead atoms. The molecule has 5 nitrogen and oxygen atoms in total. The Morgan fingerprint density at radius 1 is 1.62 bits per heavy atom. The van der Waals surface area contributed by atoms with Crippen molar-refractivity contribution in [3.05, 3.63) is 0 Å². The van der Waals surface area contributed by atoms with E-state index in [1.54, 1.807) is 0 Å². The van der Waals surface area contributed by atoms with E-state index in [4.69, 9.17) is 9.84 Å². The van der Waals surface area contributed by atoms with Crippen LogP contribution in [-0.2, 0) is 14.3 Å². The molecule has 2 atom stereocenters. The number of amides is 1. The summed E-state index contributed by atoms with van der Waals surface area (Å²) in [5, 5.41) is 11.3. The molecule has 0 radical (unpaired) electrons. The number of carboxylic acid groups (broad SMARTS) is 1. The molecule has 74 valence electrons. The van der Waals surface area contributed by atoms with E-state index in [1.807, 2.05) is 0 Å². The quantitative estimate of drug-likeness (QED) is 0.631. The summed E-state index contributed by atoms with van der Waals surface area (Å²) in [6.45, 7) is 2.14. The lowest BCUT2D eigenvalue weighted by molar-refractivity contribution is -0.143. The van der Waals surface area contributed by atoms with Gasteiger partial charge < -0.3 is 15.2 Å². The van der Waals surface area contributed by atoms with E-state index in [0.717, 1.165) is 0 Å². The van der Waals surface area contributed by atoms with Crippen molar-refractivity contribution in [1.29, 1.82) is 0 Å². The van der Waals surface area contributed by atoms with Crippen LogP contribution in [0.15, 0.2) is 0 Å². The monoisotopic (exact) mass is 187 g/mol. The minimum absolute atomic E-state index is 0.167. The van der Waals surface area contributed by atoms with Gasteiger partial charge in [-0.05, 0) is 6.42 Å². The van der Waals surface area contributed by atoms with Gasteiger partial charge in [-0.2, -0.15) is 0 Å². The summed E-state index contributed by atoms with van der Waals surface area (Å²) in [6.07, 6.45) is 0.154. The average Bonchev–Trinajstić information content (AvgIpc) is 2.47. The van der Waals surface area contributed by atoms with E-state index in [1.165, 1.54) is 6.92 Å². The predicted molar refractivity (Wildman–Crippen MR) is 44.2 cm³/mol. The summed E-state index contributed by atoms with van der Waals surface area (Å²) in [6, 6.07) is 0. The van der Waals surface area contributed by atoms with Crippen LogP contribution in [0.5, 0.6) is 0 Å². The second kappa shape index (κ2) is 4.23. The Morgan fingerprint density at radius 3 is 2.85 bits per heavy atom. The van der Waals surface area contributed by atoms with Crippen molar-refractivity contribution in [3.8, 4) is 0 Å². The van der Waals surface area contributed by atoms with Crippen molar-refractivity contribution in [2.45, 2.75) is 19.4 Å². The van der Waals surface area contributed by atoms with Gasteiger partial charge in [0, 0.05) is 20.1 Å². The molecule has 1 saturated heterocycles. The van der Waals surface area contributed by atoms with Gasteiger partial charge in [0.25, 0.3) is 0 Å². The smallest absolute Gasteiger partial charge is 0.309 e. The molecule has 1 heterocycles. The summed E-state index contributed by atoms with van der Waals surface area (Å²) in [5.41, 5.74) is 0. The highest BCUT2D eigenvalue weighted by molar-refractivity contribution is 5.73. The molecule has 2 N–H and O–H groups in total. The van der Waals surface area contributed by atoms with E-state index in [-0.39, 0.29) is 18.6 Å². The Bertz CT molecular complexity index is 216. The summed E-state index contributed by atoms with van der Waals surface area (Å²) < 4.78 is 5.18. The molecule has 0 aromatic carbocycles. The fraction of sp³-hybridized carbons (Fsp3) is 0.750. The van der Waals surface area contributed by atoms with Crippen LogP contribution in [-0.4, -0.2) is 36.2 Å². The summed E-state index contributed by atoms with van der Waals surface area (Å²) in [4.78, 5) is 21.2. The first-order chi connectivity index (χ1) is 6.11.